The van der Waals surface area contributed by atoms with E-state index < -0.39 is 6.04 Å². The average Bonchev–Trinajstić information content (AvgIpc) is 2.76. The Bertz CT molecular complexity index is 1080. The van der Waals surface area contributed by atoms with E-state index in [0.29, 0.717) is 11.4 Å². The summed E-state index contributed by atoms with van der Waals surface area (Å²) in [7, 11) is 1.60. The third-order valence-corrected chi connectivity index (χ3v) is 5.79. The predicted octanol–water partition coefficient (Wildman–Crippen LogP) is 4.89. The first-order chi connectivity index (χ1) is 14.5. The second-order valence-electron chi connectivity index (χ2n) is 7.13. The third-order valence-electron chi connectivity index (χ3n) is 5.26. The second kappa shape index (κ2) is 8.32. The highest BCUT2D eigenvalue weighted by atomic mass is 79.9. The van der Waals surface area contributed by atoms with Crippen LogP contribution in [0.4, 0.5) is 11.4 Å². The number of rotatable bonds is 4. The van der Waals surface area contributed by atoms with Crippen molar-refractivity contribution < 1.29 is 14.3 Å². The monoisotopic (exact) mass is 464 g/mol. The van der Waals surface area contributed by atoms with Crippen LogP contribution in [-0.2, 0) is 9.59 Å². The molecule has 3 aromatic rings. The molecule has 1 aliphatic rings. The SMILES string of the molecule is COc1ccc(C2C(=O)N(c3ccccc3C)CC(=O)N2c2ccc(Br)cc2)cc1. The number of methoxy groups -OCH3 is 1. The number of ether oxygens (including phenoxy) is 1. The highest BCUT2D eigenvalue weighted by Crippen LogP contribution is 2.36. The number of carbonyl (C=O) groups excluding carboxylic acids is 2. The van der Waals surface area contributed by atoms with Crippen LogP contribution in [0.5, 0.6) is 5.75 Å². The smallest absolute Gasteiger partial charge is 0.255 e. The van der Waals surface area contributed by atoms with E-state index in [-0.39, 0.29) is 18.4 Å². The van der Waals surface area contributed by atoms with Crippen LogP contribution in [0, 0.1) is 6.92 Å². The van der Waals surface area contributed by atoms with Crippen LogP contribution in [0.3, 0.4) is 0 Å². The number of halogens is 1. The van der Waals surface area contributed by atoms with Gasteiger partial charge in [-0.05, 0) is 60.5 Å². The van der Waals surface area contributed by atoms with Gasteiger partial charge in [-0.3, -0.25) is 14.5 Å². The molecule has 2 amide bonds. The largest absolute Gasteiger partial charge is 0.497 e. The molecule has 30 heavy (non-hydrogen) atoms. The van der Waals surface area contributed by atoms with Crippen molar-refractivity contribution in [3.8, 4) is 5.75 Å². The van der Waals surface area contributed by atoms with E-state index in [0.717, 1.165) is 21.3 Å². The molecule has 0 aliphatic carbocycles. The minimum absolute atomic E-state index is 0.00753. The van der Waals surface area contributed by atoms with Gasteiger partial charge >= 0.3 is 0 Å². The number of amides is 2. The van der Waals surface area contributed by atoms with Crippen molar-refractivity contribution in [1.29, 1.82) is 0 Å². The van der Waals surface area contributed by atoms with Gasteiger partial charge in [0.15, 0.2) is 0 Å². The molecule has 0 spiro atoms. The van der Waals surface area contributed by atoms with Gasteiger partial charge in [-0.1, -0.05) is 46.3 Å². The fourth-order valence-electron chi connectivity index (χ4n) is 3.73. The van der Waals surface area contributed by atoms with E-state index in [9.17, 15) is 9.59 Å². The van der Waals surface area contributed by atoms with Gasteiger partial charge in [0, 0.05) is 15.8 Å². The van der Waals surface area contributed by atoms with Crippen LogP contribution < -0.4 is 14.5 Å². The Balaban J connectivity index is 1.82. The zero-order valence-electron chi connectivity index (χ0n) is 16.7. The normalized spacial score (nSPS) is 16.7. The number of aryl methyl sites for hydroxylation is 1. The summed E-state index contributed by atoms with van der Waals surface area (Å²) in [5.74, 6) is 0.414. The molecule has 4 rings (SSSR count). The molecule has 6 heteroatoms. The van der Waals surface area contributed by atoms with E-state index >= 15 is 0 Å². The highest BCUT2D eigenvalue weighted by Gasteiger charge is 2.42. The highest BCUT2D eigenvalue weighted by molar-refractivity contribution is 9.10. The molecule has 0 radical (unpaired) electrons. The van der Waals surface area contributed by atoms with Gasteiger partial charge in [0.1, 0.15) is 18.3 Å². The fraction of sp³-hybridized carbons (Fsp3) is 0.167. The standard InChI is InChI=1S/C24H21BrN2O3/c1-16-5-3-4-6-21(16)26-15-22(28)27(19-11-9-18(25)10-12-19)23(24(26)29)17-7-13-20(30-2)14-8-17/h3-14,23H,15H2,1-2H3. The molecular weight excluding hydrogens is 444 g/mol. The van der Waals surface area contributed by atoms with Crippen LogP contribution in [0.1, 0.15) is 17.2 Å². The molecule has 5 nitrogen and oxygen atoms in total. The molecule has 1 fully saturated rings. The molecule has 3 aromatic carbocycles. The van der Waals surface area contributed by atoms with Gasteiger partial charge in [0.25, 0.3) is 5.91 Å². The summed E-state index contributed by atoms with van der Waals surface area (Å²) < 4.78 is 6.16. The molecule has 0 bridgehead atoms. The predicted molar refractivity (Wildman–Crippen MR) is 121 cm³/mol. The van der Waals surface area contributed by atoms with Crippen molar-refractivity contribution in [2.24, 2.45) is 0 Å². The van der Waals surface area contributed by atoms with Gasteiger partial charge in [-0.2, -0.15) is 0 Å². The summed E-state index contributed by atoms with van der Waals surface area (Å²) in [5.41, 5.74) is 3.12. The molecule has 1 atom stereocenters. The molecule has 1 aliphatic heterocycles. The molecular formula is C24H21BrN2O3. The Hall–Kier alpha value is -3.12. The molecule has 0 N–H and O–H groups in total. The van der Waals surface area contributed by atoms with Gasteiger partial charge in [-0.25, -0.2) is 0 Å². The Labute approximate surface area is 184 Å². The average molecular weight is 465 g/mol. The first kappa shape index (κ1) is 20.2. The Morgan fingerprint density at radius 3 is 2.23 bits per heavy atom. The van der Waals surface area contributed by atoms with Crippen molar-refractivity contribution in [3.63, 3.8) is 0 Å². The van der Waals surface area contributed by atoms with Crippen LogP contribution in [-0.4, -0.2) is 25.5 Å². The van der Waals surface area contributed by atoms with E-state index in [1.54, 1.807) is 29.0 Å². The number of benzene rings is 3. The number of nitrogens with zero attached hydrogens (tertiary/aromatic N) is 2. The van der Waals surface area contributed by atoms with Crippen molar-refractivity contribution >= 4 is 39.1 Å². The maximum atomic E-state index is 13.7. The topological polar surface area (TPSA) is 49.9 Å². The summed E-state index contributed by atoms with van der Waals surface area (Å²) in [5, 5.41) is 0. The summed E-state index contributed by atoms with van der Waals surface area (Å²) in [6, 6.07) is 21.5. The van der Waals surface area contributed by atoms with Crippen LogP contribution in [0.2, 0.25) is 0 Å². The second-order valence-corrected chi connectivity index (χ2v) is 8.04. The summed E-state index contributed by atoms with van der Waals surface area (Å²) in [6.07, 6.45) is 0. The molecule has 1 saturated heterocycles. The molecule has 0 saturated carbocycles. The lowest BCUT2D eigenvalue weighted by Gasteiger charge is -2.41. The van der Waals surface area contributed by atoms with Crippen molar-refractivity contribution in [1.82, 2.24) is 0 Å². The minimum atomic E-state index is -0.766. The van der Waals surface area contributed by atoms with Gasteiger partial charge < -0.3 is 9.64 Å². The van der Waals surface area contributed by atoms with Crippen molar-refractivity contribution in [2.45, 2.75) is 13.0 Å². The van der Waals surface area contributed by atoms with Gasteiger partial charge in [0.2, 0.25) is 5.91 Å². The Morgan fingerprint density at radius 2 is 1.60 bits per heavy atom. The quantitative estimate of drug-likeness (QED) is 0.552. The van der Waals surface area contributed by atoms with E-state index in [1.165, 1.54) is 0 Å². The zero-order chi connectivity index (χ0) is 21.3. The van der Waals surface area contributed by atoms with Gasteiger partial charge in [0.05, 0.1) is 7.11 Å². The number of para-hydroxylation sites is 1. The number of hydrogen-bond donors (Lipinski definition) is 0. The molecule has 152 valence electrons. The summed E-state index contributed by atoms with van der Waals surface area (Å²) in [4.78, 5) is 30.2. The lowest BCUT2D eigenvalue weighted by Crippen LogP contribution is -2.56. The fourth-order valence-corrected chi connectivity index (χ4v) is 4.00. The van der Waals surface area contributed by atoms with Crippen LogP contribution in [0.15, 0.2) is 77.3 Å². The lowest BCUT2D eigenvalue weighted by molar-refractivity contribution is -0.128. The van der Waals surface area contributed by atoms with E-state index in [2.05, 4.69) is 15.9 Å². The van der Waals surface area contributed by atoms with Crippen molar-refractivity contribution in [3.05, 3.63) is 88.4 Å². The minimum Gasteiger partial charge on any atom is -0.497 e. The number of anilines is 2. The Morgan fingerprint density at radius 1 is 0.933 bits per heavy atom. The van der Waals surface area contributed by atoms with E-state index in [1.807, 2.05) is 67.6 Å². The maximum absolute atomic E-state index is 13.7. The van der Waals surface area contributed by atoms with Crippen LogP contribution >= 0.6 is 15.9 Å². The first-order valence-electron chi connectivity index (χ1n) is 9.58. The summed E-state index contributed by atoms with van der Waals surface area (Å²) in [6.45, 7) is 1.93. The molecule has 0 aromatic heterocycles. The Kier molecular flexibility index (Phi) is 5.59. The maximum Gasteiger partial charge on any atom is 0.255 e. The number of hydrogen-bond acceptors (Lipinski definition) is 3. The zero-order valence-corrected chi connectivity index (χ0v) is 18.3. The summed E-state index contributed by atoms with van der Waals surface area (Å²) >= 11 is 3.43. The number of carbonyl (C=O) groups is 2. The van der Waals surface area contributed by atoms with Crippen LogP contribution in [0.25, 0.3) is 0 Å². The van der Waals surface area contributed by atoms with Crippen molar-refractivity contribution in [2.75, 3.05) is 23.5 Å². The lowest BCUT2D eigenvalue weighted by atomic mass is 9.98. The number of piperazine rings is 1. The first-order valence-corrected chi connectivity index (χ1v) is 10.4. The van der Waals surface area contributed by atoms with E-state index in [4.69, 9.17) is 4.74 Å². The van der Waals surface area contributed by atoms with Gasteiger partial charge in [-0.15, -0.1) is 0 Å². The third kappa shape index (κ3) is 3.71. The molecule has 1 unspecified atom stereocenters. The molecule has 1 heterocycles.